The molecule has 0 unspecified atom stereocenters. The number of benzene rings is 2. The molecule has 3 nitrogen and oxygen atoms in total. The predicted octanol–water partition coefficient (Wildman–Crippen LogP) is 5.87. The molecule has 0 aliphatic rings. The Morgan fingerprint density at radius 3 is 2.62 bits per heavy atom. The Morgan fingerprint density at radius 1 is 1.21 bits per heavy atom. The van der Waals surface area contributed by atoms with Crippen molar-refractivity contribution in [3.8, 4) is 11.5 Å². The van der Waals surface area contributed by atoms with Crippen LogP contribution in [-0.2, 0) is 17.8 Å². The summed E-state index contributed by atoms with van der Waals surface area (Å²) in [6, 6.07) is 9.33. The van der Waals surface area contributed by atoms with E-state index in [0.717, 1.165) is 22.0 Å². The van der Waals surface area contributed by atoms with Gasteiger partial charge in [0.1, 0.15) is 18.1 Å². The average molecular weight is 412 g/mol. The van der Waals surface area contributed by atoms with Gasteiger partial charge in [-0.2, -0.15) is 0 Å². The number of carbonyl (C=O) groups excluding carboxylic acids is 1. The highest BCUT2D eigenvalue weighted by atomic mass is 79.9. The lowest BCUT2D eigenvalue weighted by molar-refractivity contribution is -0.134. The number of hydrogen-bond donors (Lipinski definition) is 0. The number of hydrogen-bond acceptors (Lipinski definition) is 3. The summed E-state index contributed by atoms with van der Waals surface area (Å²) in [4.78, 5) is 11.6. The van der Waals surface area contributed by atoms with E-state index in [-0.39, 0.29) is 12.6 Å². The molecule has 0 amide bonds. The minimum Gasteiger partial charge on any atom is -0.487 e. The monoisotopic (exact) mass is 410 g/mol. The van der Waals surface area contributed by atoms with Gasteiger partial charge in [-0.25, -0.2) is 0 Å². The van der Waals surface area contributed by atoms with Crippen LogP contribution in [0.4, 0.5) is 0 Å². The molecule has 5 heteroatoms. The lowest BCUT2D eigenvalue weighted by Gasteiger charge is -2.15. The summed E-state index contributed by atoms with van der Waals surface area (Å²) in [7, 11) is 0. The Labute approximate surface area is 156 Å². The molecule has 0 heterocycles. The highest BCUT2D eigenvalue weighted by Gasteiger charge is 2.13. The van der Waals surface area contributed by atoms with E-state index in [9.17, 15) is 4.79 Å². The molecule has 2 rings (SSSR count). The maximum Gasteiger partial charge on any atom is 0.310 e. The summed E-state index contributed by atoms with van der Waals surface area (Å²) in [5, 5.41) is 0.580. The fraction of sp³-hybridized carbons (Fsp3) is 0.316. The molecular weight excluding hydrogens is 392 g/mol. The van der Waals surface area contributed by atoms with Crippen molar-refractivity contribution in [2.75, 3.05) is 0 Å². The van der Waals surface area contributed by atoms with Crippen LogP contribution in [-0.4, -0.2) is 5.97 Å². The zero-order valence-corrected chi connectivity index (χ0v) is 16.3. The van der Waals surface area contributed by atoms with E-state index < -0.39 is 0 Å². The Balaban J connectivity index is 2.23. The molecule has 0 saturated carbocycles. The number of ether oxygens (including phenoxy) is 2. The Hall–Kier alpha value is -1.52. The Morgan fingerprint density at radius 2 is 1.96 bits per heavy atom. The Kier molecular flexibility index (Phi) is 6.69. The second kappa shape index (κ2) is 8.54. The smallest absolute Gasteiger partial charge is 0.310 e. The third-order valence-electron chi connectivity index (χ3n) is 3.73. The van der Waals surface area contributed by atoms with Gasteiger partial charge < -0.3 is 9.47 Å². The molecule has 0 aromatic heterocycles. The first-order chi connectivity index (χ1) is 11.5. The van der Waals surface area contributed by atoms with Crippen molar-refractivity contribution < 1.29 is 14.3 Å². The number of halogens is 2. The van der Waals surface area contributed by atoms with Crippen molar-refractivity contribution in [3.63, 3.8) is 0 Å². The van der Waals surface area contributed by atoms with Gasteiger partial charge in [0.25, 0.3) is 0 Å². The lowest BCUT2D eigenvalue weighted by atomic mass is 10.1. The van der Waals surface area contributed by atoms with Gasteiger partial charge >= 0.3 is 5.97 Å². The maximum atomic E-state index is 11.6. The molecule has 24 heavy (non-hydrogen) atoms. The number of esters is 1. The lowest BCUT2D eigenvalue weighted by Crippen LogP contribution is -2.09. The highest BCUT2D eigenvalue weighted by Crippen LogP contribution is 2.32. The van der Waals surface area contributed by atoms with E-state index in [2.05, 4.69) is 22.9 Å². The van der Waals surface area contributed by atoms with E-state index in [1.165, 1.54) is 5.56 Å². The molecule has 2 aromatic carbocycles. The molecule has 0 fully saturated rings. The molecule has 0 N–H and O–H groups in total. The summed E-state index contributed by atoms with van der Waals surface area (Å²) in [6.07, 6.45) is 1.24. The van der Waals surface area contributed by atoms with Crippen LogP contribution < -0.4 is 9.47 Å². The average Bonchev–Trinajstić information content (AvgIpc) is 2.56. The van der Waals surface area contributed by atoms with Crippen molar-refractivity contribution in [3.05, 3.63) is 56.5 Å². The number of carbonyl (C=O) groups is 1. The van der Waals surface area contributed by atoms with E-state index in [1.807, 2.05) is 31.2 Å². The SMILES string of the molecule is CCC(=O)Oc1cccc(Br)c1COc1cc(C)c(CC)cc1Cl. The van der Waals surface area contributed by atoms with Crippen LogP contribution in [0.25, 0.3) is 0 Å². The number of aryl methyl sites for hydroxylation is 2. The summed E-state index contributed by atoms with van der Waals surface area (Å²) in [6.45, 7) is 6.14. The van der Waals surface area contributed by atoms with Crippen LogP contribution in [0.3, 0.4) is 0 Å². The van der Waals surface area contributed by atoms with Gasteiger partial charge in [0, 0.05) is 16.5 Å². The van der Waals surface area contributed by atoms with Crippen molar-refractivity contribution >= 4 is 33.5 Å². The first-order valence-electron chi connectivity index (χ1n) is 7.86. The standard InChI is InChI=1S/C19H20BrClO3/c1-4-13-10-16(21)18(9-12(13)3)23-11-14-15(20)7-6-8-17(14)24-19(22)5-2/h6-10H,4-5,11H2,1-3H3. The van der Waals surface area contributed by atoms with Crippen molar-refractivity contribution in [2.45, 2.75) is 40.2 Å². The van der Waals surface area contributed by atoms with Crippen LogP contribution in [0.2, 0.25) is 5.02 Å². The minimum absolute atomic E-state index is 0.248. The third kappa shape index (κ3) is 4.52. The molecule has 128 valence electrons. The first-order valence-corrected chi connectivity index (χ1v) is 9.03. The Bertz CT molecular complexity index is 744. The van der Waals surface area contributed by atoms with Gasteiger partial charge in [-0.3, -0.25) is 4.79 Å². The fourth-order valence-corrected chi connectivity index (χ4v) is 3.01. The normalized spacial score (nSPS) is 10.5. The van der Waals surface area contributed by atoms with Gasteiger partial charge in [-0.15, -0.1) is 0 Å². The largest absolute Gasteiger partial charge is 0.487 e. The highest BCUT2D eigenvalue weighted by molar-refractivity contribution is 9.10. The van der Waals surface area contributed by atoms with Crippen LogP contribution in [0.1, 0.15) is 37.0 Å². The van der Waals surface area contributed by atoms with Gasteiger partial charge in [-0.1, -0.05) is 47.4 Å². The van der Waals surface area contributed by atoms with Crippen LogP contribution in [0.15, 0.2) is 34.8 Å². The maximum absolute atomic E-state index is 11.6. The first kappa shape index (κ1) is 18.8. The molecule has 0 aliphatic carbocycles. The molecule has 0 atom stereocenters. The van der Waals surface area contributed by atoms with Crippen molar-refractivity contribution in [2.24, 2.45) is 0 Å². The summed E-state index contributed by atoms with van der Waals surface area (Å²) < 4.78 is 12.1. The van der Waals surface area contributed by atoms with Gasteiger partial charge in [0.05, 0.1) is 5.02 Å². The third-order valence-corrected chi connectivity index (χ3v) is 4.77. The second-order valence-electron chi connectivity index (χ2n) is 5.40. The van der Waals surface area contributed by atoms with Crippen LogP contribution in [0, 0.1) is 6.92 Å². The molecule has 0 saturated heterocycles. The van der Waals surface area contributed by atoms with Crippen LogP contribution in [0.5, 0.6) is 11.5 Å². The molecule has 0 radical (unpaired) electrons. The van der Waals surface area contributed by atoms with Crippen molar-refractivity contribution in [1.82, 2.24) is 0 Å². The molecule has 2 aromatic rings. The number of rotatable bonds is 6. The zero-order chi connectivity index (χ0) is 17.7. The van der Waals surface area contributed by atoms with Gasteiger partial charge in [-0.05, 0) is 48.7 Å². The molecule has 0 aliphatic heterocycles. The van der Waals surface area contributed by atoms with E-state index in [1.54, 1.807) is 13.0 Å². The topological polar surface area (TPSA) is 35.5 Å². The second-order valence-corrected chi connectivity index (χ2v) is 6.66. The minimum atomic E-state index is -0.282. The fourth-order valence-electron chi connectivity index (χ4n) is 2.31. The van der Waals surface area contributed by atoms with Gasteiger partial charge in [0.15, 0.2) is 0 Å². The van der Waals surface area contributed by atoms with E-state index in [4.69, 9.17) is 21.1 Å². The summed E-state index contributed by atoms with van der Waals surface area (Å²) in [5.74, 6) is 0.833. The van der Waals surface area contributed by atoms with Crippen molar-refractivity contribution in [1.29, 1.82) is 0 Å². The molecular formula is C19H20BrClO3. The predicted molar refractivity (Wildman–Crippen MR) is 100.0 cm³/mol. The molecule has 0 spiro atoms. The summed E-state index contributed by atoms with van der Waals surface area (Å²) in [5.41, 5.74) is 3.11. The quantitative estimate of drug-likeness (QED) is 0.440. The van der Waals surface area contributed by atoms with Crippen LogP contribution >= 0.6 is 27.5 Å². The van der Waals surface area contributed by atoms with E-state index >= 15 is 0 Å². The van der Waals surface area contributed by atoms with Gasteiger partial charge in [0.2, 0.25) is 0 Å². The summed E-state index contributed by atoms with van der Waals surface area (Å²) >= 11 is 9.79. The van der Waals surface area contributed by atoms with E-state index in [0.29, 0.717) is 22.9 Å². The zero-order valence-electron chi connectivity index (χ0n) is 14.0. The molecule has 0 bridgehead atoms.